The Labute approximate surface area is 147 Å². The van der Waals surface area contributed by atoms with Crippen molar-refractivity contribution in [1.82, 2.24) is 9.97 Å². The first-order chi connectivity index (χ1) is 12.1. The Morgan fingerprint density at radius 2 is 2.08 bits per heavy atom. The van der Waals surface area contributed by atoms with E-state index in [2.05, 4.69) is 15.3 Å². The number of nitrogens with one attached hydrogen (secondary N) is 1. The average Bonchev–Trinajstić information content (AvgIpc) is 2.61. The molecule has 2 aromatic rings. The number of anilines is 3. The Bertz CT molecular complexity index is 793. The summed E-state index contributed by atoms with van der Waals surface area (Å²) in [5.41, 5.74) is 2.76. The van der Waals surface area contributed by atoms with Gasteiger partial charge in [0, 0.05) is 36.6 Å². The molecular formula is C18H23N5O2. The van der Waals surface area contributed by atoms with Crippen LogP contribution in [0.4, 0.5) is 22.2 Å². The van der Waals surface area contributed by atoms with Gasteiger partial charge in [-0.25, -0.2) is 9.78 Å². The highest BCUT2D eigenvalue weighted by Gasteiger charge is 2.32. The van der Waals surface area contributed by atoms with Gasteiger partial charge in [0.2, 0.25) is 5.95 Å². The van der Waals surface area contributed by atoms with Crippen molar-refractivity contribution in [2.45, 2.75) is 27.3 Å². The van der Waals surface area contributed by atoms with Crippen LogP contribution in [0.3, 0.4) is 0 Å². The lowest BCUT2D eigenvalue weighted by Gasteiger charge is -2.35. The molecule has 1 N–H and O–H groups in total. The highest BCUT2D eigenvalue weighted by Crippen LogP contribution is 2.32. The lowest BCUT2D eigenvalue weighted by Crippen LogP contribution is -2.48. The van der Waals surface area contributed by atoms with Gasteiger partial charge in [-0.3, -0.25) is 9.80 Å². The summed E-state index contributed by atoms with van der Waals surface area (Å²) in [7, 11) is 1.63. The molecule has 1 aromatic carbocycles. The third-order valence-electron chi connectivity index (χ3n) is 4.12. The number of hydrogen-bond donors (Lipinski definition) is 1. The molecule has 7 heteroatoms. The molecular weight excluding hydrogens is 318 g/mol. The molecule has 1 aromatic heterocycles. The highest BCUT2D eigenvalue weighted by molar-refractivity contribution is 6.05. The molecule has 0 saturated carbocycles. The van der Waals surface area contributed by atoms with Crippen molar-refractivity contribution in [3.63, 3.8) is 0 Å². The zero-order valence-corrected chi connectivity index (χ0v) is 15.0. The first-order valence-electron chi connectivity index (χ1n) is 8.41. The number of fused-ring (bicyclic) bond motifs is 1. The summed E-state index contributed by atoms with van der Waals surface area (Å²) in [6.07, 6.45) is 1.79. The summed E-state index contributed by atoms with van der Waals surface area (Å²) in [4.78, 5) is 25.3. The lowest BCUT2D eigenvalue weighted by atomic mass is 10.1. The zero-order valence-electron chi connectivity index (χ0n) is 15.0. The molecule has 1 aliphatic heterocycles. The Morgan fingerprint density at radius 3 is 2.76 bits per heavy atom. The maximum Gasteiger partial charge on any atom is 0.330 e. The Morgan fingerprint density at radius 1 is 1.28 bits per heavy atom. The third kappa shape index (κ3) is 3.22. The van der Waals surface area contributed by atoms with Crippen molar-refractivity contribution >= 4 is 23.5 Å². The van der Waals surface area contributed by atoms with Crippen LogP contribution in [0.15, 0.2) is 24.4 Å². The second-order valence-electron chi connectivity index (χ2n) is 5.89. The molecule has 3 rings (SSSR count). The van der Waals surface area contributed by atoms with Crippen molar-refractivity contribution < 1.29 is 9.53 Å². The first kappa shape index (κ1) is 17.0. The molecule has 2 heterocycles. The van der Waals surface area contributed by atoms with E-state index < -0.39 is 0 Å². The molecule has 7 nitrogen and oxygen atoms in total. The van der Waals surface area contributed by atoms with Crippen molar-refractivity contribution in [2.24, 2.45) is 0 Å². The number of methoxy groups -OCH3 is 1. The van der Waals surface area contributed by atoms with Crippen molar-refractivity contribution in [1.29, 1.82) is 0 Å². The minimum Gasteiger partial charge on any atom is -0.497 e. The molecule has 25 heavy (non-hydrogen) atoms. The van der Waals surface area contributed by atoms with Crippen LogP contribution in [0.5, 0.6) is 5.75 Å². The van der Waals surface area contributed by atoms with Gasteiger partial charge in [0.1, 0.15) is 11.6 Å². The van der Waals surface area contributed by atoms with Gasteiger partial charge in [0.05, 0.1) is 13.7 Å². The van der Waals surface area contributed by atoms with Gasteiger partial charge in [-0.2, -0.15) is 4.98 Å². The summed E-state index contributed by atoms with van der Waals surface area (Å²) in [5.74, 6) is 1.95. The van der Waals surface area contributed by atoms with Crippen LogP contribution in [-0.4, -0.2) is 36.2 Å². The van der Waals surface area contributed by atoms with E-state index in [0.717, 1.165) is 29.1 Å². The largest absolute Gasteiger partial charge is 0.497 e. The number of carbonyl (C=O) groups is 1. The van der Waals surface area contributed by atoms with Gasteiger partial charge in [-0.05, 0) is 38.5 Å². The van der Waals surface area contributed by atoms with E-state index >= 15 is 0 Å². The Balaban J connectivity index is 2.02. The van der Waals surface area contributed by atoms with Crippen LogP contribution in [0.2, 0.25) is 0 Å². The number of carbonyl (C=O) groups excluding carboxylic acids is 1. The molecule has 0 radical (unpaired) electrons. The topological polar surface area (TPSA) is 70.6 Å². The molecule has 132 valence electrons. The zero-order chi connectivity index (χ0) is 18.0. The van der Waals surface area contributed by atoms with Crippen molar-refractivity contribution in [3.8, 4) is 5.75 Å². The number of aryl methyl sites for hydroxylation is 1. The molecule has 0 bridgehead atoms. The van der Waals surface area contributed by atoms with E-state index in [1.807, 2.05) is 39.0 Å². The SMILES string of the molecule is CCNc1ncc2c(n1)N(CC)C(=O)N(c1cc(C)cc(OC)c1)C2. The highest BCUT2D eigenvalue weighted by atomic mass is 16.5. The second-order valence-corrected chi connectivity index (χ2v) is 5.89. The summed E-state index contributed by atoms with van der Waals surface area (Å²) in [5, 5.41) is 3.09. The summed E-state index contributed by atoms with van der Waals surface area (Å²) >= 11 is 0. The van der Waals surface area contributed by atoms with Crippen LogP contribution in [0.25, 0.3) is 0 Å². The molecule has 0 spiro atoms. The normalized spacial score (nSPS) is 13.7. The Hall–Kier alpha value is -2.83. The number of hydrogen-bond acceptors (Lipinski definition) is 5. The molecule has 0 atom stereocenters. The van der Waals surface area contributed by atoms with Crippen LogP contribution in [0.1, 0.15) is 25.0 Å². The quantitative estimate of drug-likeness (QED) is 0.904. The number of urea groups is 1. The maximum atomic E-state index is 13.0. The fraction of sp³-hybridized carbons (Fsp3) is 0.389. The number of nitrogens with zero attached hydrogens (tertiary/aromatic N) is 4. The van der Waals surface area contributed by atoms with E-state index in [1.54, 1.807) is 23.1 Å². The third-order valence-corrected chi connectivity index (χ3v) is 4.12. The van der Waals surface area contributed by atoms with E-state index in [1.165, 1.54) is 0 Å². The number of aromatic nitrogens is 2. The predicted octanol–water partition coefficient (Wildman–Crippen LogP) is 3.19. The van der Waals surface area contributed by atoms with Gasteiger partial charge in [0.15, 0.2) is 0 Å². The van der Waals surface area contributed by atoms with Gasteiger partial charge in [-0.15, -0.1) is 0 Å². The minimum absolute atomic E-state index is 0.0937. The summed E-state index contributed by atoms with van der Waals surface area (Å²) < 4.78 is 5.34. The molecule has 0 fully saturated rings. The van der Waals surface area contributed by atoms with E-state index in [-0.39, 0.29) is 6.03 Å². The van der Waals surface area contributed by atoms with Gasteiger partial charge >= 0.3 is 6.03 Å². The van der Waals surface area contributed by atoms with Gasteiger partial charge < -0.3 is 10.1 Å². The standard InChI is InChI=1S/C18H23N5O2/c1-5-19-17-20-10-13-11-23(18(24)22(6-2)16(13)21-17)14-7-12(3)8-15(9-14)25-4/h7-10H,5-6,11H2,1-4H3,(H,19,20,21). The molecule has 0 aliphatic carbocycles. The summed E-state index contributed by atoms with van der Waals surface area (Å²) in [6, 6.07) is 5.70. The van der Waals surface area contributed by atoms with Crippen LogP contribution >= 0.6 is 0 Å². The van der Waals surface area contributed by atoms with Crippen molar-refractivity contribution in [3.05, 3.63) is 35.5 Å². The Kier molecular flexibility index (Phi) is 4.74. The number of ether oxygens (including phenoxy) is 1. The second kappa shape index (κ2) is 6.96. The first-order valence-corrected chi connectivity index (χ1v) is 8.41. The van der Waals surface area contributed by atoms with E-state index in [4.69, 9.17) is 4.74 Å². The molecule has 0 unspecified atom stereocenters. The minimum atomic E-state index is -0.0937. The maximum absolute atomic E-state index is 13.0. The smallest absolute Gasteiger partial charge is 0.330 e. The molecule has 2 amide bonds. The average molecular weight is 341 g/mol. The van der Waals surface area contributed by atoms with Crippen LogP contribution < -0.4 is 19.9 Å². The fourth-order valence-electron chi connectivity index (χ4n) is 2.95. The van der Waals surface area contributed by atoms with E-state index in [0.29, 0.717) is 24.9 Å². The number of amides is 2. The lowest BCUT2D eigenvalue weighted by molar-refractivity contribution is 0.250. The van der Waals surface area contributed by atoms with Crippen LogP contribution in [-0.2, 0) is 6.54 Å². The summed E-state index contributed by atoms with van der Waals surface area (Å²) in [6.45, 7) is 7.61. The van der Waals surface area contributed by atoms with Crippen molar-refractivity contribution in [2.75, 3.05) is 35.3 Å². The van der Waals surface area contributed by atoms with Gasteiger partial charge in [-0.1, -0.05) is 0 Å². The van der Waals surface area contributed by atoms with Crippen LogP contribution in [0, 0.1) is 6.92 Å². The van der Waals surface area contributed by atoms with E-state index in [9.17, 15) is 4.79 Å². The fourth-order valence-corrected chi connectivity index (χ4v) is 2.95. The monoisotopic (exact) mass is 341 g/mol. The molecule has 1 aliphatic rings. The van der Waals surface area contributed by atoms with Gasteiger partial charge in [0.25, 0.3) is 0 Å². The predicted molar refractivity (Wildman–Crippen MR) is 98.5 cm³/mol. The molecule has 0 saturated heterocycles. The number of rotatable bonds is 5. The number of benzene rings is 1.